The summed E-state index contributed by atoms with van der Waals surface area (Å²) in [6.45, 7) is 5.25. The van der Waals surface area contributed by atoms with Crippen LogP contribution in [0.1, 0.15) is 37.9 Å². The number of methoxy groups -OCH3 is 1. The SMILES string of the molecule is COc1cccc([C@H]2C(C(=O)OC(C)C)=C(C)N=c3s/c(=C4\C(=O)Nc5ccccc54)c(=O)n32)c1. The van der Waals surface area contributed by atoms with Gasteiger partial charge in [0, 0.05) is 11.3 Å². The molecule has 2 aromatic carbocycles. The minimum absolute atomic E-state index is 0.269. The van der Waals surface area contributed by atoms with Gasteiger partial charge in [-0.2, -0.15) is 0 Å². The monoisotopic (exact) mass is 489 g/mol. The molecule has 0 fully saturated rings. The van der Waals surface area contributed by atoms with Crippen molar-refractivity contribution in [3.63, 3.8) is 0 Å². The maximum Gasteiger partial charge on any atom is 0.338 e. The van der Waals surface area contributed by atoms with Crippen molar-refractivity contribution >= 4 is 34.5 Å². The number of allylic oxidation sites excluding steroid dienone is 1. The van der Waals surface area contributed by atoms with Crippen LogP contribution in [0, 0.1) is 0 Å². The summed E-state index contributed by atoms with van der Waals surface area (Å²) in [4.78, 5) is 45.0. The van der Waals surface area contributed by atoms with Gasteiger partial charge in [0.25, 0.3) is 11.5 Å². The van der Waals surface area contributed by atoms with Gasteiger partial charge in [0.2, 0.25) is 0 Å². The Labute approximate surface area is 204 Å². The van der Waals surface area contributed by atoms with Gasteiger partial charge in [0.05, 0.1) is 36.1 Å². The van der Waals surface area contributed by atoms with Gasteiger partial charge in [-0.05, 0) is 44.5 Å². The van der Waals surface area contributed by atoms with Gasteiger partial charge in [-0.1, -0.05) is 41.7 Å². The van der Waals surface area contributed by atoms with Gasteiger partial charge < -0.3 is 14.8 Å². The second kappa shape index (κ2) is 8.66. The molecule has 0 unspecified atom stereocenters. The standard InChI is InChI=1S/C26H23N3O5S/c1-13(2)34-25(32)19-14(3)27-26-29(21(19)15-8-7-9-16(12-15)33-4)24(31)22(35-26)20-17-10-5-6-11-18(17)28-23(20)30/h5-13,21H,1-4H3,(H,28,30)/b22-20-/t21-/m0/s1. The van der Waals surface area contributed by atoms with E-state index in [2.05, 4.69) is 10.3 Å². The number of hydrogen-bond acceptors (Lipinski definition) is 7. The number of benzene rings is 2. The van der Waals surface area contributed by atoms with E-state index in [4.69, 9.17) is 9.47 Å². The number of thiazole rings is 1. The first-order valence-electron chi connectivity index (χ1n) is 11.1. The van der Waals surface area contributed by atoms with Crippen LogP contribution in [-0.2, 0) is 14.3 Å². The fourth-order valence-corrected chi connectivity index (χ4v) is 5.52. The molecular weight excluding hydrogens is 466 g/mol. The summed E-state index contributed by atoms with van der Waals surface area (Å²) in [5.74, 6) is -0.303. The third-order valence-corrected chi connectivity index (χ3v) is 6.92. The number of carbonyl (C=O) groups is 2. The zero-order valence-electron chi connectivity index (χ0n) is 19.6. The van der Waals surface area contributed by atoms with E-state index in [1.54, 1.807) is 58.2 Å². The van der Waals surface area contributed by atoms with Crippen LogP contribution in [0.2, 0.25) is 0 Å². The fourth-order valence-electron chi connectivity index (χ4n) is 4.38. The molecule has 2 aliphatic rings. The van der Waals surface area contributed by atoms with Crippen molar-refractivity contribution < 1.29 is 19.1 Å². The van der Waals surface area contributed by atoms with Gasteiger partial charge >= 0.3 is 5.97 Å². The van der Waals surface area contributed by atoms with Crippen LogP contribution in [0.4, 0.5) is 5.69 Å². The topological polar surface area (TPSA) is 99.0 Å². The number of fused-ring (bicyclic) bond motifs is 2. The fraction of sp³-hybridized carbons (Fsp3) is 0.231. The Balaban J connectivity index is 1.81. The summed E-state index contributed by atoms with van der Waals surface area (Å²) >= 11 is 1.13. The molecule has 0 bridgehead atoms. The lowest BCUT2D eigenvalue weighted by Crippen LogP contribution is -2.40. The van der Waals surface area contributed by atoms with Gasteiger partial charge in [-0.25, -0.2) is 9.79 Å². The average Bonchev–Trinajstić information content (AvgIpc) is 3.32. The predicted molar refractivity (Wildman–Crippen MR) is 132 cm³/mol. The number of para-hydroxylation sites is 1. The number of nitrogens with one attached hydrogen (secondary N) is 1. The molecule has 35 heavy (non-hydrogen) atoms. The largest absolute Gasteiger partial charge is 0.497 e. The van der Waals surface area contributed by atoms with Gasteiger partial charge in [-0.3, -0.25) is 14.2 Å². The molecule has 3 heterocycles. The van der Waals surface area contributed by atoms with Crippen LogP contribution >= 0.6 is 11.3 Å². The summed E-state index contributed by atoms with van der Waals surface area (Å²) in [6.07, 6.45) is -0.348. The van der Waals surface area contributed by atoms with E-state index in [1.165, 1.54) is 4.57 Å². The number of rotatable bonds is 4. The Morgan fingerprint density at radius 3 is 2.66 bits per heavy atom. The number of esters is 1. The van der Waals surface area contributed by atoms with E-state index in [-0.39, 0.29) is 22.1 Å². The van der Waals surface area contributed by atoms with Crippen LogP contribution in [-0.4, -0.2) is 29.7 Å². The summed E-state index contributed by atoms with van der Waals surface area (Å²) in [5.41, 5.74) is 2.62. The number of anilines is 1. The van der Waals surface area contributed by atoms with Crippen LogP contribution in [0.5, 0.6) is 5.75 Å². The average molecular weight is 490 g/mol. The summed E-state index contributed by atoms with van der Waals surface area (Å²) < 4.78 is 12.7. The number of ether oxygens (including phenoxy) is 2. The van der Waals surface area contributed by atoms with Crippen LogP contribution in [0.25, 0.3) is 5.57 Å². The third kappa shape index (κ3) is 3.77. The highest BCUT2D eigenvalue weighted by molar-refractivity contribution is 7.07. The van der Waals surface area contributed by atoms with Crippen molar-refractivity contribution in [2.45, 2.75) is 32.9 Å². The second-order valence-corrected chi connectivity index (χ2v) is 9.49. The molecule has 0 radical (unpaired) electrons. The zero-order chi connectivity index (χ0) is 24.9. The molecule has 1 amide bonds. The minimum Gasteiger partial charge on any atom is -0.497 e. The number of amides is 1. The molecule has 178 valence electrons. The van der Waals surface area contributed by atoms with E-state index in [0.717, 1.165) is 11.3 Å². The Morgan fingerprint density at radius 2 is 1.91 bits per heavy atom. The third-order valence-electron chi connectivity index (χ3n) is 5.87. The van der Waals surface area contributed by atoms with E-state index >= 15 is 0 Å². The van der Waals surface area contributed by atoms with Crippen molar-refractivity contribution in [1.29, 1.82) is 0 Å². The highest BCUT2D eigenvalue weighted by Gasteiger charge is 2.35. The van der Waals surface area contributed by atoms with Gasteiger partial charge in [0.15, 0.2) is 4.80 Å². The predicted octanol–water partition coefficient (Wildman–Crippen LogP) is 2.52. The lowest BCUT2D eigenvalue weighted by Gasteiger charge is -2.25. The van der Waals surface area contributed by atoms with Crippen LogP contribution in [0.3, 0.4) is 0 Å². The van der Waals surface area contributed by atoms with Crippen molar-refractivity contribution in [2.24, 2.45) is 4.99 Å². The molecule has 0 saturated carbocycles. The first-order valence-corrected chi connectivity index (χ1v) is 11.9. The van der Waals surface area contributed by atoms with E-state index in [1.807, 2.05) is 18.2 Å². The summed E-state index contributed by atoms with van der Waals surface area (Å²) in [5, 5.41) is 2.82. The Kier molecular flexibility index (Phi) is 5.64. The highest BCUT2D eigenvalue weighted by Crippen LogP contribution is 2.33. The van der Waals surface area contributed by atoms with Crippen molar-refractivity contribution in [3.05, 3.63) is 90.6 Å². The molecule has 5 rings (SSSR count). The zero-order valence-corrected chi connectivity index (χ0v) is 20.4. The molecule has 0 saturated heterocycles. The minimum atomic E-state index is -0.790. The van der Waals surface area contributed by atoms with Crippen LogP contribution in [0.15, 0.2) is 69.6 Å². The molecule has 8 nitrogen and oxygen atoms in total. The summed E-state index contributed by atoms with van der Waals surface area (Å²) in [6, 6.07) is 13.6. The molecule has 3 aromatic rings. The Bertz CT molecular complexity index is 1600. The van der Waals surface area contributed by atoms with Gasteiger partial charge in [0.1, 0.15) is 10.3 Å². The normalized spacial score (nSPS) is 18.1. The molecule has 0 aliphatic carbocycles. The Hall–Kier alpha value is -3.98. The summed E-state index contributed by atoms with van der Waals surface area (Å²) in [7, 11) is 1.55. The second-order valence-electron chi connectivity index (χ2n) is 8.51. The molecule has 1 aromatic heterocycles. The quantitative estimate of drug-likeness (QED) is 0.568. The number of aromatic nitrogens is 1. The Morgan fingerprint density at radius 1 is 1.14 bits per heavy atom. The lowest BCUT2D eigenvalue weighted by atomic mass is 9.95. The first-order chi connectivity index (χ1) is 16.8. The number of hydrogen-bond donors (Lipinski definition) is 1. The maximum absolute atomic E-state index is 13.9. The molecule has 0 spiro atoms. The molecule has 2 aliphatic heterocycles. The van der Waals surface area contributed by atoms with Crippen molar-refractivity contribution in [2.75, 3.05) is 12.4 Å². The van der Waals surface area contributed by atoms with Crippen molar-refractivity contribution in [1.82, 2.24) is 4.57 Å². The van der Waals surface area contributed by atoms with Gasteiger partial charge in [-0.15, -0.1) is 0 Å². The number of carbonyl (C=O) groups excluding carboxylic acids is 2. The van der Waals surface area contributed by atoms with E-state index in [0.29, 0.717) is 38.6 Å². The lowest BCUT2D eigenvalue weighted by molar-refractivity contribution is -0.143. The van der Waals surface area contributed by atoms with E-state index < -0.39 is 17.6 Å². The number of nitrogens with zero attached hydrogens (tertiary/aromatic N) is 2. The van der Waals surface area contributed by atoms with Crippen molar-refractivity contribution in [3.8, 4) is 5.75 Å². The molecular formula is C26H23N3O5S. The molecule has 9 heteroatoms. The van der Waals surface area contributed by atoms with Crippen LogP contribution < -0.4 is 24.9 Å². The van der Waals surface area contributed by atoms with E-state index in [9.17, 15) is 14.4 Å². The maximum atomic E-state index is 13.9. The first kappa shape index (κ1) is 22.8. The molecule has 1 N–H and O–H groups in total. The highest BCUT2D eigenvalue weighted by atomic mass is 32.1. The smallest absolute Gasteiger partial charge is 0.338 e. The molecule has 1 atom stereocenters.